The summed E-state index contributed by atoms with van der Waals surface area (Å²) in [6, 6.07) is 13.4. The molecule has 9 heteroatoms. The van der Waals surface area contributed by atoms with E-state index in [2.05, 4.69) is 15.6 Å². The van der Waals surface area contributed by atoms with Crippen molar-refractivity contribution in [2.75, 3.05) is 44.6 Å². The second-order valence-electron chi connectivity index (χ2n) is 8.37. The van der Waals surface area contributed by atoms with E-state index in [9.17, 15) is 4.79 Å². The third kappa shape index (κ3) is 6.38. The van der Waals surface area contributed by atoms with Crippen molar-refractivity contribution in [3.8, 4) is 11.5 Å². The number of amides is 1. The third-order valence-electron chi connectivity index (χ3n) is 4.74. The second-order valence-corrected chi connectivity index (χ2v) is 8.37. The maximum Gasteiger partial charge on any atom is 0.407 e. The third-order valence-corrected chi connectivity index (χ3v) is 4.74. The zero-order valence-corrected chi connectivity index (χ0v) is 19.9. The molecule has 0 bridgehead atoms. The SMILES string of the molecule is COc1ccc(N(C)c2nc(NCCNC(=O)OC(C)(C)C)nc3ccc(OC)cc23)cc1. The smallest absolute Gasteiger partial charge is 0.407 e. The maximum atomic E-state index is 11.8. The average molecular weight is 454 g/mol. The second kappa shape index (κ2) is 10.2. The Morgan fingerprint density at radius 3 is 2.27 bits per heavy atom. The van der Waals surface area contributed by atoms with Crippen LogP contribution in [0.1, 0.15) is 20.8 Å². The zero-order chi connectivity index (χ0) is 24.0. The van der Waals surface area contributed by atoms with Gasteiger partial charge in [0.1, 0.15) is 22.9 Å². The summed E-state index contributed by atoms with van der Waals surface area (Å²) < 4.78 is 15.9. The number of nitrogens with zero attached hydrogens (tertiary/aromatic N) is 3. The summed E-state index contributed by atoms with van der Waals surface area (Å²) in [5, 5.41) is 6.75. The van der Waals surface area contributed by atoms with E-state index >= 15 is 0 Å². The predicted molar refractivity (Wildman–Crippen MR) is 130 cm³/mol. The lowest BCUT2D eigenvalue weighted by Crippen LogP contribution is -2.35. The molecule has 0 radical (unpaired) electrons. The number of methoxy groups -OCH3 is 2. The fourth-order valence-corrected chi connectivity index (χ4v) is 3.13. The number of nitrogens with one attached hydrogen (secondary N) is 2. The summed E-state index contributed by atoms with van der Waals surface area (Å²) in [6.07, 6.45) is -0.462. The molecule has 3 aromatic rings. The van der Waals surface area contributed by atoms with E-state index in [0.29, 0.717) is 24.9 Å². The molecule has 0 aliphatic carbocycles. The van der Waals surface area contributed by atoms with Crippen LogP contribution in [0.25, 0.3) is 10.9 Å². The van der Waals surface area contributed by atoms with Crippen LogP contribution in [0.2, 0.25) is 0 Å². The molecule has 0 spiro atoms. The standard InChI is InChI=1S/C24H31N5O4/c1-24(2,3)33-23(30)26-14-13-25-22-27-20-12-11-18(32-6)15-19(20)21(28-22)29(4)16-7-9-17(31-5)10-8-16/h7-12,15H,13-14H2,1-6H3,(H,26,30)(H,25,27,28). The Morgan fingerprint density at radius 2 is 1.64 bits per heavy atom. The van der Waals surface area contributed by atoms with Gasteiger partial charge in [0.15, 0.2) is 0 Å². The first-order valence-electron chi connectivity index (χ1n) is 10.6. The van der Waals surface area contributed by atoms with E-state index in [1.807, 2.05) is 75.2 Å². The molecule has 1 heterocycles. The van der Waals surface area contributed by atoms with Crippen molar-refractivity contribution in [1.29, 1.82) is 0 Å². The zero-order valence-electron chi connectivity index (χ0n) is 19.9. The van der Waals surface area contributed by atoms with Gasteiger partial charge in [-0.3, -0.25) is 0 Å². The number of aromatic nitrogens is 2. The molecule has 33 heavy (non-hydrogen) atoms. The van der Waals surface area contributed by atoms with Gasteiger partial charge >= 0.3 is 6.09 Å². The van der Waals surface area contributed by atoms with Crippen LogP contribution in [-0.2, 0) is 4.74 Å². The highest BCUT2D eigenvalue weighted by Gasteiger charge is 2.16. The number of fused-ring (bicyclic) bond motifs is 1. The lowest BCUT2D eigenvalue weighted by Gasteiger charge is -2.22. The molecule has 0 atom stereocenters. The van der Waals surface area contributed by atoms with Crippen LogP contribution in [0.3, 0.4) is 0 Å². The molecule has 2 aromatic carbocycles. The van der Waals surface area contributed by atoms with Gasteiger partial charge < -0.3 is 29.7 Å². The summed E-state index contributed by atoms with van der Waals surface area (Å²) >= 11 is 0. The van der Waals surface area contributed by atoms with Gasteiger partial charge in [-0.05, 0) is 63.2 Å². The Kier molecular flexibility index (Phi) is 7.42. The van der Waals surface area contributed by atoms with E-state index in [1.54, 1.807) is 14.2 Å². The van der Waals surface area contributed by atoms with Gasteiger partial charge in [-0.15, -0.1) is 0 Å². The minimum atomic E-state index is -0.541. The van der Waals surface area contributed by atoms with E-state index < -0.39 is 11.7 Å². The molecule has 0 aliphatic heterocycles. The monoisotopic (exact) mass is 453 g/mol. The molecular formula is C24H31N5O4. The highest BCUT2D eigenvalue weighted by atomic mass is 16.6. The predicted octanol–water partition coefficient (Wildman–Crippen LogP) is 4.35. The maximum absolute atomic E-state index is 11.8. The molecule has 0 saturated heterocycles. The van der Waals surface area contributed by atoms with Gasteiger partial charge in [0.25, 0.3) is 0 Å². The Balaban J connectivity index is 1.82. The van der Waals surface area contributed by atoms with Crippen molar-refractivity contribution >= 4 is 34.4 Å². The highest BCUT2D eigenvalue weighted by molar-refractivity contribution is 5.93. The van der Waals surface area contributed by atoms with Gasteiger partial charge in [-0.2, -0.15) is 4.98 Å². The number of rotatable bonds is 8. The number of hydrogen-bond acceptors (Lipinski definition) is 8. The van der Waals surface area contributed by atoms with E-state index in [4.69, 9.17) is 19.2 Å². The molecule has 0 unspecified atom stereocenters. The Bertz CT molecular complexity index is 1100. The normalized spacial score (nSPS) is 11.1. The molecule has 176 valence electrons. The molecule has 9 nitrogen and oxygen atoms in total. The number of carbonyl (C=O) groups is 1. The number of benzene rings is 2. The van der Waals surface area contributed by atoms with Crippen LogP contribution < -0.4 is 25.0 Å². The summed E-state index contributed by atoms with van der Waals surface area (Å²) in [7, 11) is 5.21. The van der Waals surface area contributed by atoms with Crippen molar-refractivity contribution in [1.82, 2.24) is 15.3 Å². The molecule has 2 N–H and O–H groups in total. The lowest BCUT2D eigenvalue weighted by atomic mass is 10.2. The lowest BCUT2D eigenvalue weighted by molar-refractivity contribution is 0.0530. The number of alkyl carbamates (subject to hydrolysis) is 1. The molecule has 0 fully saturated rings. The van der Waals surface area contributed by atoms with Crippen molar-refractivity contribution in [2.24, 2.45) is 0 Å². The number of anilines is 3. The van der Waals surface area contributed by atoms with E-state index in [-0.39, 0.29) is 0 Å². The van der Waals surface area contributed by atoms with Gasteiger partial charge in [0.2, 0.25) is 5.95 Å². The van der Waals surface area contributed by atoms with Crippen LogP contribution in [-0.4, -0.2) is 56.0 Å². The van der Waals surface area contributed by atoms with Gasteiger partial charge in [0.05, 0.1) is 19.7 Å². The fourth-order valence-electron chi connectivity index (χ4n) is 3.13. The minimum absolute atomic E-state index is 0.364. The van der Waals surface area contributed by atoms with Crippen LogP contribution in [0.4, 0.5) is 22.2 Å². The largest absolute Gasteiger partial charge is 0.497 e. The molecular weight excluding hydrogens is 422 g/mol. The summed E-state index contributed by atoms with van der Waals surface area (Å²) in [4.78, 5) is 23.2. The first-order chi connectivity index (χ1) is 15.7. The van der Waals surface area contributed by atoms with Crippen molar-refractivity contribution < 1.29 is 19.0 Å². The Morgan fingerprint density at radius 1 is 0.970 bits per heavy atom. The van der Waals surface area contributed by atoms with Crippen molar-refractivity contribution in [3.05, 3.63) is 42.5 Å². The topological polar surface area (TPSA) is 97.8 Å². The first kappa shape index (κ1) is 23.9. The quantitative estimate of drug-likeness (QED) is 0.486. The van der Waals surface area contributed by atoms with Crippen molar-refractivity contribution in [3.63, 3.8) is 0 Å². The summed E-state index contributed by atoms with van der Waals surface area (Å²) in [5.41, 5.74) is 1.17. The molecule has 1 aromatic heterocycles. The molecule has 3 rings (SSSR count). The summed E-state index contributed by atoms with van der Waals surface area (Å²) in [5.74, 6) is 2.67. The van der Waals surface area contributed by atoms with Crippen molar-refractivity contribution in [2.45, 2.75) is 26.4 Å². The molecule has 0 saturated carbocycles. The number of ether oxygens (including phenoxy) is 3. The first-order valence-corrected chi connectivity index (χ1v) is 10.6. The Labute approximate surface area is 194 Å². The average Bonchev–Trinajstić information content (AvgIpc) is 2.79. The van der Waals surface area contributed by atoms with Gasteiger partial charge in [-0.25, -0.2) is 9.78 Å². The number of carbonyl (C=O) groups excluding carboxylic acids is 1. The van der Waals surface area contributed by atoms with Crippen LogP contribution in [0.5, 0.6) is 11.5 Å². The minimum Gasteiger partial charge on any atom is -0.497 e. The van der Waals surface area contributed by atoms with E-state index in [0.717, 1.165) is 28.1 Å². The van der Waals surface area contributed by atoms with Crippen LogP contribution in [0.15, 0.2) is 42.5 Å². The van der Waals surface area contributed by atoms with E-state index in [1.165, 1.54) is 0 Å². The summed E-state index contributed by atoms with van der Waals surface area (Å²) in [6.45, 7) is 6.27. The molecule has 1 amide bonds. The van der Waals surface area contributed by atoms with Crippen LogP contribution >= 0.6 is 0 Å². The van der Waals surface area contributed by atoms with Gasteiger partial charge in [0, 0.05) is 31.2 Å². The van der Waals surface area contributed by atoms with Gasteiger partial charge in [-0.1, -0.05) is 0 Å². The Hall–Kier alpha value is -3.75. The number of hydrogen-bond donors (Lipinski definition) is 2. The fraction of sp³-hybridized carbons (Fsp3) is 0.375. The highest BCUT2D eigenvalue weighted by Crippen LogP contribution is 2.32. The van der Waals surface area contributed by atoms with Crippen LogP contribution in [0, 0.1) is 0 Å². The molecule has 0 aliphatic rings.